The van der Waals surface area contributed by atoms with Gasteiger partial charge in [0, 0.05) is 51.4 Å². The summed E-state index contributed by atoms with van der Waals surface area (Å²) in [6.07, 6.45) is 5.64. The van der Waals surface area contributed by atoms with E-state index in [4.69, 9.17) is 5.73 Å². The normalized spacial score (nSPS) is 21.9. The molecule has 1 saturated carbocycles. The lowest BCUT2D eigenvalue weighted by molar-refractivity contribution is 0.187. The maximum atomic E-state index is 5.91. The zero-order valence-electron chi connectivity index (χ0n) is 12.8. The van der Waals surface area contributed by atoms with Crippen LogP contribution in [0.2, 0.25) is 0 Å². The highest BCUT2D eigenvalue weighted by atomic mass is 15.4. The molecule has 20 heavy (non-hydrogen) atoms. The Labute approximate surface area is 121 Å². The van der Waals surface area contributed by atoms with Crippen LogP contribution in [-0.2, 0) is 13.6 Å². The van der Waals surface area contributed by atoms with Crippen LogP contribution in [-0.4, -0.2) is 46.9 Å². The van der Waals surface area contributed by atoms with Crippen molar-refractivity contribution in [1.82, 2.24) is 14.7 Å². The summed E-state index contributed by atoms with van der Waals surface area (Å²) in [7, 11) is 2.03. The number of nitrogens with two attached hydrogens (primary N) is 1. The fourth-order valence-corrected chi connectivity index (χ4v) is 3.89. The maximum Gasteiger partial charge on any atom is 0.131 e. The number of hydrogen-bond acceptors (Lipinski definition) is 4. The summed E-state index contributed by atoms with van der Waals surface area (Å²) in [5.74, 6) is 1.23. The second-order valence-corrected chi connectivity index (χ2v) is 6.18. The molecule has 0 unspecified atom stereocenters. The minimum Gasteiger partial charge on any atom is -0.354 e. The van der Waals surface area contributed by atoms with Crippen molar-refractivity contribution >= 4 is 5.82 Å². The standard InChI is InChI=1S/C15H27N5/c1-12-14(11-16)15(18(2)17-12)20-9-7-19(8-10-20)13-5-3-4-6-13/h13H,3-11,16H2,1-2H3. The van der Waals surface area contributed by atoms with E-state index in [0.29, 0.717) is 6.54 Å². The predicted octanol–water partition coefficient (Wildman–Crippen LogP) is 1.25. The first kappa shape index (κ1) is 13.9. The number of nitrogens with zero attached hydrogens (tertiary/aromatic N) is 4. The fraction of sp³-hybridized carbons (Fsp3) is 0.800. The van der Waals surface area contributed by atoms with Gasteiger partial charge in [0.05, 0.1) is 5.69 Å². The van der Waals surface area contributed by atoms with Crippen LogP contribution in [0.5, 0.6) is 0 Å². The molecule has 0 atom stereocenters. The average molecular weight is 277 g/mol. The van der Waals surface area contributed by atoms with E-state index in [2.05, 4.69) is 21.8 Å². The molecule has 2 N–H and O–H groups in total. The second kappa shape index (κ2) is 5.74. The topological polar surface area (TPSA) is 50.3 Å². The molecular formula is C15H27N5. The third kappa shape index (κ3) is 2.44. The molecule has 1 aromatic rings. The summed E-state index contributed by atoms with van der Waals surface area (Å²) >= 11 is 0. The minimum absolute atomic E-state index is 0.581. The van der Waals surface area contributed by atoms with E-state index in [1.807, 2.05) is 11.7 Å². The number of rotatable bonds is 3. The molecule has 0 radical (unpaired) electrons. The van der Waals surface area contributed by atoms with Gasteiger partial charge >= 0.3 is 0 Å². The molecule has 1 aromatic heterocycles. The average Bonchev–Trinajstić information content (AvgIpc) is 3.06. The van der Waals surface area contributed by atoms with Gasteiger partial charge in [0.25, 0.3) is 0 Å². The Kier molecular flexibility index (Phi) is 3.98. The molecule has 5 nitrogen and oxygen atoms in total. The monoisotopic (exact) mass is 277 g/mol. The molecule has 0 bridgehead atoms. The van der Waals surface area contributed by atoms with Crippen molar-refractivity contribution in [1.29, 1.82) is 0 Å². The van der Waals surface area contributed by atoms with Crippen molar-refractivity contribution in [3.63, 3.8) is 0 Å². The van der Waals surface area contributed by atoms with Crippen molar-refractivity contribution in [3.05, 3.63) is 11.3 Å². The van der Waals surface area contributed by atoms with Gasteiger partial charge in [-0.25, -0.2) is 0 Å². The van der Waals surface area contributed by atoms with E-state index in [-0.39, 0.29) is 0 Å². The van der Waals surface area contributed by atoms with Gasteiger partial charge in [-0.2, -0.15) is 5.10 Å². The summed E-state index contributed by atoms with van der Waals surface area (Å²) < 4.78 is 2.00. The Morgan fingerprint density at radius 2 is 1.80 bits per heavy atom. The highest BCUT2D eigenvalue weighted by molar-refractivity contribution is 5.50. The largest absolute Gasteiger partial charge is 0.354 e. The van der Waals surface area contributed by atoms with Crippen LogP contribution >= 0.6 is 0 Å². The van der Waals surface area contributed by atoms with Crippen molar-refractivity contribution < 1.29 is 0 Å². The first-order chi connectivity index (χ1) is 9.70. The molecule has 0 amide bonds. The van der Waals surface area contributed by atoms with Crippen molar-refractivity contribution in [2.75, 3.05) is 31.1 Å². The van der Waals surface area contributed by atoms with Gasteiger partial charge in [-0.1, -0.05) is 12.8 Å². The number of aryl methyl sites for hydroxylation is 2. The lowest BCUT2D eigenvalue weighted by Crippen LogP contribution is -2.50. The summed E-state index contributed by atoms with van der Waals surface area (Å²) in [6, 6.07) is 0.847. The van der Waals surface area contributed by atoms with E-state index >= 15 is 0 Å². The second-order valence-electron chi connectivity index (χ2n) is 6.18. The Morgan fingerprint density at radius 3 is 2.40 bits per heavy atom. The first-order valence-electron chi connectivity index (χ1n) is 7.92. The highest BCUT2D eigenvalue weighted by Gasteiger charge is 2.28. The van der Waals surface area contributed by atoms with Gasteiger partial charge in [-0.15, -0.1) is 0 Å². The molecule has 3 rings (SSSR count). The van der Waals surface area contributed by atoms with Crippen molar-refractivity contribution in [3.8, 4) is 0 Å². The minimum atomic E-state index is 0.581. The van der Waals surface area contributed by atoms with Gasteiger partial charge in [-0.3, -0.25) is 9.58 Å². The molecule has 2 fully saturated rings. The summed E-state index contributed by atoms with van der Waals surface area (Å²) in [4.78, 5) is 5.16. The van der Waals surface area contributed by atoms with Crippen LogP contribution in [0.1, 0.15) is 36.9 Å². The summed E-state index contributed by atoms with van der Waals surface area (Å²) in [6.45, 7) is 7.20. The Hall–Kier alpha value is -1.07. The van der Waals surface area contributed by atoms with Crippen molar-refractivity contribution in [2.45, 2.75) is 45.2 Å². The Morgan fingerprint density at radius 1 is 1.15 bits per heavy atom. The van der Waals surface area contributed by atoms with Crippen LogP contribution in [0.25, 0.3) is 0 Å². The lowest BCUT2D eigenvalue weighted by Gasteiger charge is -2.39. The first-order valence-corrected chi connectivity index (χ1v) is 7.92. The van der Waals surface area contributed by atoms with Gasteiger partial charge in [0.2, 0.25) is 0 Å². The van der Waals surface area contributed by atoms with E-state index in [9.17, 15) is 0 Å². The molecule has 0 aromatic carbocycles. The van der Waals surface area contributed by atoms with Crippen LogP contribution < -0.4 is 10.6 Å². The molecule has 2 aliphatic rings. The van der Waals surface area contributed by atoms with E-state index in [0.717, 1.165) is 24.8 Å². The third-order valence-corrected chi connectivity index (χ3v) is 4.97. The summed E-state index contributed by atoms with van der Waals surface area (Å²) in [5.41, 5.74) is 8.19. The molecular weight excluding hydrogens is 250 g/mol. The molecule has 112 valence electrons. The fourth-order valence-electron chi connectivity index (χ4n) is 3.89. The SMILES string of the molecule is Cc1nn(C)c(N2CCN(C3CCCC3)CC2)c1CN. The zero-order chi connectivity index (χ0) is 14.1. The maximum absolute atomic E-state index is 5.91. The molecule has 5 heteroatoms. The molecule has 1 aliphatic carbocycles. The van der Waals surface area contributed by atoms with Crippen LogP contribution in [0.15, 0.2) is 0 Å². The van der Waals surface area contributed by atoms with Gasteiger partial charge in [-0.05, 0) is 19.8 Å². The smallest absolute Gasteiger partial charge is 0.131 e. The molecule has 0 spiro atoms. The quantitative estimate of drug-likeness (QED) is 0.903. The number of hydrogen-bond donors (Lipinski definition) is 1. The van der Waals surface area contributed by atoms with Crippen LogP contribution in [0.3, 0.4) is 0 Å². The number of piperazine rings is 1. The molecule has 1 saturated heterocycles. The summed E-state index contributed by atoms with van der Waals surface area (Å²) in [5, 5.41) is 4.53. The molecule has 1 aliphatic heterocycles. The highest BCUT2D eigenvalue weighted by Crippen LogP contribution is 2.27. The number of aromatic nitrogens is 2. The predicted molar refractivity (Wildman–Crippen MR) is 81.9 cm³/mol. The van der Waals surface area contributed by atoms with E-state index in [1.54, 1.807) is 0 Å². The lowest BCUT2D eigenvalue weighted by atomic mass is 10.1. The van der Waals surface area contributed by atoms with Crippen LogP contribution in [0, 0.1) is 6.92 Å². The van der Waals surface area contributed by atoms with E-state index in [1.165, 1.54) is 50.2 Å². The van der Waals surface area contributed by atoms with Gasteiger partial charge < -0.3 is 10.6 Å². The van der Waals surface area contributed by atoms with E-state index < -0.39 is 0 Å². The molecule has 2 heterocycles. The zero-order valence-corrected chi connectivity index (χ0v) is 12.8. The van der Waals surface area contributed by atoms with Crippen LogP contribution in [0.4, 0.5) is 5.82 Å². The Bertz CT molecular complexity index is 453. The van der Waals surface area contributed by atoms with Gasteiger partial charge in [0.1, 0.15) is 5.82 Å². The van der Waals surface area contributed by atoms with Gasteiger partial charge in [0.15, 0.2) is 0 Å². The Balaban J connectivity index is 1.68. The van der Waals surface area contributed by atoms with Crippen molar-refractivity contribution in [2.24, 2.45) is 12.8 Å². The number of anilines is 1. The third-order valence-electron chi connectivity index (χ3n) is 4.97.